The molecule has 0 aliphatic carbocycles. The highest BCUT2D eigenvalue weighted by atomic mass is 16.6. The van der Waals surface area contributed by atoms with Crippen LogP contribution in [-0.4, -0.2) is 25.8 Å². The van der Waals surface area contributed by atoms with Crippen LogP contribution >= 0.6 is 0 Å². The summed E-state index contributed by atoms with van der Waals surface area (Å²) in [7, 11) is 0. The number of aryl methyl sites for hydroxylation is 1. The Labute approximate surface area is 79.1 Å². The molecule has 1 heterocycles. The third-order valence-electron chi connectivity index (χ3n) is 1.82. The summed E-state index contributed by atoms with van der Waals surface area (Å²) in [4.78, 5) is 20.3. The average Bonchev–Trinajstić information content (AvgIpc) is 2.45. The molecule has 0 fully saturated rings. The molecular formula is C7H9N3O4. The molecule has 0 saturated heterocycles. The summed E-state index contributed by atoms with van der Waals surface area (Å²) in [5.41, 5.74) is 0.350. The fourth-order valence-corrected chi connectivity index (χ4v) is 0.965. The van der Waals surface area contributed by atoms with E-state index < -0.39 is 16.9 Å². The Kier molecular flexibility index (Phi) is 2.50. The molecule has 0 aliphatic heterocycles. The number of hydrogen-bond acceptors (Lipinski definition) is 4. The van der Waals surface area contributed by atoms with Gasteiger partial charge in [-0.3, -0.25) is 0 Å². The van der Waals surface area contributed by atoms with Crippen molar-refractivity contribution in [3.63, 3.8) is 0 Å². The fourth-order valence-electron chi connectivity index (χ4n) is 0.965. The summed E-state index contributed by atoms with van der Waals surface area (Å²) < 4.78 is 1.07. The molecule has 1 aromatic rings. The topological polar surface area (TPSA) is 98.3 Å². The highest BCUT2D eigenvalue weighted by Crippen LogP contribution is 2.16. The molecule has 0 saturated carbocycles. The maximum atomic E-state index is 10.6. The van der Waals surface area contributed by atoms with E-state index >= 15 is 0 Å². The van der Waals surface area contributed by atoms with Gasteiger partial charge in [-0.15, -0.1) is 0 Å². The smallest absolute Gasteiger partial charge is 0.392 e. The molecular weight excluding hydrogens is 190 g/mol. The van der Waals surface area contributed by atoms with E-state index in [4.69, 9.17) is 5.11 Å². The standard InChI is InChI=1S/C7H9N3O4/c1-4-3-9(5(2)7(11)12)8-6(4)10(13)14/h3,5H,1-2H3,(H,11,12)/t5-/m0/s1. The Morgan fingerprint density at radius 1 is 1.79 bits per heavy atom. The average molecular weight is 199 g/mol. The van der Waals surface area contributed by atoms with Crippen LogP contribution in [-0.2, 0) is 4.79 Å². The second kappa shape index (κ2) is 3.44. The molecule has 76 valence electrons. The van der Waals surface area contributed by atoms with Crippen LogP contribution in [0.4, 0.5) is 5.82 Å². The molecule has 14 heavy (non-hydrogen) atoms. The Bertz CT molecular complexity index is 384. The van der Waals surface area contributed by atoms with Gasteiger partial charge < -0.3 is 15.2 Å². The second-order valence-corrected chi connectivity index (χ2v) is 2.89. The molecule has 0 aliphatic rings. The van der Waals surface area contributed by atoms with Crippen LogP contribution in [0.15, 0.2) is 6.20 Å². The third-order valence-corrected chi connectivity index (χ3v) is 1.82. The highest BCUT2D eigenvalue weighted by Gasteiger charge is 2.23. The Balaban J connectivity index is 3.08. The van der Waals surface area contributed by atoms with Crippen LogP contribution in [0, 0.1) is 17.0 Å². The van der Waals surface area contributed by atoms with E-state index in [9.17, 15) is 14.9 Å². The third kappa shape index (κ3) is 1.70. The van der Waals surface area contributed by atoms with Crippen molar-refractivity contribution in [2.75, 3.05) is 0 Å². The number of rotatable bonds is 3. The quantitative estimate of drug-likeness (QED) is 0.571. The van der Waals surface area contributed by atoms with Crippen molar-refractivity contribution in [2.45, 2.75) is 19.9 Å². The van der Waals surface area contributed by atoms with Crippen molar-refractivity contribution in [3.05, 3.63) is 21.9 Å². The zero-order valence-electron chi connectivity index (χ0n) is 7.67. The van der Waals surface area contributed by atoms with E-state index in [1.807, 2.05) is 0 Å². The predicted octanol–water partition coefficient (Wildman–Crippen LogP) is 0.745. The zero-order valence-corrected chi connectivity index (χ0v) is 7.67. The zero-order chi connectivity index (χ0) is 10.9. The lowest BCUT2D eigenvalue weighted by molar-refractivity contribution is -0.390. The predicted molar refractivity (Wildman–Crippen MR) is 46.0 cm³/mol. The molecule has 0 radical (unpaired) electrons. The van der Waals surface area contributed by atoms with Gasteiger partial charge in [0.15, 0.2) is 6.04 Å². The SMILES string of the molecule is Cc1cn([C@@H](C)C(=O)O)nc1[N+](=O)[O-]. The molecule has 7 heteroatoms. The van der Waals surface area contributed by atoms with Gasteiger partial charge in [-0.25, -0.2) is 4.79 Å². The van der Waals surface area contributed by atoms with E-state index in [-0.39, 0.29) is 5.82 Å². The minimum atomic E-state index is -1.08. The number of aliphatic carboxylic acids is 1. The summed E-state index contributed by atoms with van der Waals surface area (Å²) in [5, 5.41) is 22.6. The lowest BCUT2D eigenvalue weighted by Gasteiger charge is -1.99. The summed E-state index contributed by atoms with van der Waals surface area (Å²) in [5.74, 6) is -1.39. The molecule has 1 aromatic heterocycles. The lowest BCUT2D eigenvalue weighted by atomic mass is 10.3. The molecule has 1 N–H and O–H groups in total. The van der Waals surface area contributed by atoms with E-state index in [2.05, 4.69) is 5.10 Å². The molecule has 0 spiro atoms. The van der Waals surface area contributed by atoms with Crippen molar-refractivity contribution in [2.24, 2.45) is 0 Å². The van der Waals surface area contributed by atoms with E-state index in [1.54, 1.807) is 0 Å². The Morgan fingerprint density at radius 3 is 2.71 bits per heavy atom. The minimum Gasteiger partial charge on any atom is -0.480 e. The van der Waals surface area contributed by atoms with E-state index in [0.29, 0.717) is 5.56 Å². The molecule has 1 atom stereocenters. The number of carboxylic acids is 1. The van der Waals surface area contributed by atoms with Gasteiger partial charge in [0, 0.05) is 0 Å². The van der Waals surface area contributed by atoms with Gasteiger partial charge in [0.1, 0.15) is 0 Å². The first-order chi connectivity index (χ1) is 6.43. The van der Waals surface area contributed by atoms with Crippen LogP contribution in [0.2, 0.25) is 0 Å². The molecule has 0 bridgehead atoms. The number of nitrogens with zero attached hydrogens (tertiary/aromatic N) is 3. The van der Waals surface area contributed by atoms with Crippen LogP contribution < -0.4 is 0 Å². The van der Waals surface area contributed by atoms with Crippen molar-refractivity contribution in [1.29, 1.82) is 0 Å². The molecule has 1 rings (SSSR count). The van der Waals surface area contributed by atoms with Gasteiger partial charge in [0.25, 0.3) is 0 Å². The van der Waals surface area contributed by atoms with Crippen molar-refractivity contribution in [3.8, 4) is 0 Å². The maximum absolute atomic E-state index is 10.6. The summed E-state index contributed by atoms with van der Waals surface area (Å²) in [6.07, 6.45) is 1.34. The van der Waals surface area contributed by atoms with Crippen molar-refractivity contribution < 1.29 is 14.8 Å². The fraction of sp³-hybridized carbons (Fsp3) is 0.429. The van der Waals surface area contributed by atoms with Gasteiger partial charge in [0.2, 0.25) is 0 Å². The van der Waals surface area contributed by atoms with Crippen LogP contribution in [0.1, 0.15) is 18.5 Å². The van der Waals surface area contributed by atoms with Gasteiger partial charge in [-0.05, 0) is 18.8 Å². The number of carboxylic acid groups (broad SMARTS) is 1. The van der Waals surface area contributed by atoms with Gasteiger partial charge in [0.05, 0.1) is 16.9 Å². The lowest BCUT2D eigenvalue weighted by Crippen LogP contribution is -2.16. The first-order valence-electron chi connectivity index (χ1n) is 3.86. The first kappa shape index (κ1) is 10.2. The Morgan fingerprint density at radius 2 is 2.36 bits per heavy atom. The molecule has 0 amide bonds. The Hall–Kier alpha value is -1.92. The van der Waals surface area contributed by atoms with E-state index in [1.165, 1.54) is 20.0 Å². The molecule has 0 aromatic carbocycles. The number of hydrogen-bond donors (Lipinski definition) is 1. The van der Waals surface area contributed by atoms with Crippen molar-refractivity contribution in [1.82, 2.24) is 9.78 Å². The highest BCUT2D eigenvalue weighted by molar-refractivity contribution is 5.71. The summed E-state index contributed by atoms with van der Waals surface area (Å²) >= 11 is 0. The first-order valence-corrected chi connectivity index (χ1v) is 3.86. The van der Waals surface area contributed by atoms with Gasteiger partial charge >= 0.3 is 11.8 Å². The molecule has 0 unspecified atom stereocenters. The van der Waals surface area contributed by atoms with Crippen molar-refractivity contribution >= 4 is 11.8 Å². The van der Waals surface area contributed by atoms with Crippen LogP contribution in [0.5, 0.6) is 0 Å². The summed E-state index contributed by atoms with van der Waals surface area (Å²) in [6.45, 7) is 2.91. The number of carbonyl (C=O) groups is 1. The van der Waals surface area contributed by atoms with E-state index in [0.717, 1.165) is 4.68 Å². The minimum absolute atomic E-state index is 0.307. The van der Waals surface area contributed by atoms with Crippen LogP contribution in [0.25, 0.3) is 0 Å². The maximum Gasteiger partial charge on any atom is 0.392 e. The van der Waals surface area contributed by atoms with Crippen LogP contribution in [0.3, 0.4) is 0 Å². The molecule has 7 nitrogen and oxygen atoms in total. The largest absolute Gasteiger partial charge is 0.480 e. The normalized spacial score (nSPS) is 12.4. The second-order valence-electron chi connectivity index (χ2n) is 2.89. The number of nitro groups is 1. The summed E-state index contributed by atoms with van der Waals surface area (Å²) in [6, 6.07) is -0.901. The van der Waals surface area contributed by atoms with Gasteiger partial charge in [-0.2, -0.15) is 4.68 Å². The number of aromatic nitrogens is 2. The van der Waals surface area contributed by atoms with Gasteiger partial charge in [-0.1, -0.05) is 0 Å². The monoisotopic (exact) mass is 199 g/mol.